The molecule has 2 aromatic heterocycles. The molecule has 4 rings (SSSR count). The predicted molar refractivity (Wildman–Crippen MR) is 108 cm³/mol. The molecule has 1 aromatic carbocycles. The molecule has 146 valence electrons. The number of phenolic OH excluding ortho intramolecular Hbond substituents is 1. The van der Waals surface area contributed by atoms with Crippen LogP contribution in [0.25, 0.3) is 21.3 Å². The number of hydrogen-bond donors (Lipinski definition) is 3. The van der Waals surface area contributed by atoms with Gasteiger partial charge in [-0.15, -0.1) is 21.5 Å². The fourth-order valence-corrected chi connectivity index (χ4v) is 4.41. The fourth-order valence-electron chi connectivity index (χ4n) is 3.62. The van der Waals surface area contributed by atoms with Crippen molar-refractivity contribution >= 4 is 33.3 Å². The van der Waals surface area contributed by atoms with Gasteiger partial charge in [-0.3, -0.25) is 9.69 Å². The Bertz CT molecular complexity index is 1020. The van der Waals surface area contributed by atoms with E-state index >= 15 is 0 Å². The number of benzene rings is 1. The van der Waals surface area contributed by atoms with E-state index in [0.717, 1.165) is 29.5 Å². The monoisotopic (exact) mass is 399 g/mol. The van der Waals surface area contributed by atoms with Crippen molar-refractivity contribution in [2.75, 3.05) is 25.0 Å². The van der Waals surface area contributed by atoms with Crippen molar-refractivity contribution in [3.8, 4) is 17.0 Å². The molecule has 3 aromatic rings. The SMILES string of the molecule is Cc1nc(N[C@@H]2CCCN(CC(=O)O)C2)nnc1-c1ccc2sccc2c1O. The third-order valence-corrected chi connectivity index (χ3v) is 5.80. The molecule has 8 nitrogen and oxygen atoms in total. The van der Waals surface area contributed by atoms with E-state index in [2.05, 4.69) is 20.5 Å². The molecule has 0 aliphatic carbocycles. The van der Waals surface area contributed by atoms with Gasteiger partial charge in [-0.2, -0.15) is 0 Å². The topological polar surface area (TPSA) is 111 Å². The molecule has 0 saturated carbocycles. The average molecular weight is 399 g/mol. The summed E-state index contributed by atoms with van der Waals surface area (Å²) in [6, 6.07) is 5.76. The Morgan fingerprint density at radius 1 is 1.36 bits per heavy atom. The van der Waals surface area contributed by atoms with Crippen LogP contribution in [0.15, 0.2) is 23.6 Å². The van der Waals surface area contributed by atoms with E-state index in [-0.39, 0.29) is 18.3 Å². The largest absolute Gasteiger partial charge is 0.507 e. The maximum absolute atomic E-state index is 10.9. The number of aromatic nitrogens is 3. The van der Waals surface area contributed by atoms with E-state index < -0.39 is 5.97 Å². The van der Waals surface area contributed by atoms with Gasteiger partial charge in [0.25, 0.3) is 0 Å². The highest BCUT2D eigenvalue weighted by Gasteiger charge is 2.22. The molecule has 1 saturated heterocycles. The van der Waals surface area contributed by atoms with E-state index in [0.29, 0.717) is 29.4 Å². The molecule has 0 unspecified atom stereocenters. The van der Waals surface area contributed by atoms with Gasteiger partial charge in [0, 0.05) is 28.2 Å². The third kappa shape index (κ3) is 3.76. The van der Waals surface area contributed by atoms with Gasteiger partial charge in [-0.05, 0) is 49.9 Å². The summed E-state index contributed by atoms with van der Waals surface area (Å²) >= 11 is 1.57. The number of thiophene rings is 1. The Morgan fingerprint density at radius 3 is 3.00 bits per heavy atom. The Hall–Kier alpha value is -2.78. The first-order valence-electron chi connectivity index (χ1n) is 9.13. The summed E-state index contributed by atoms with van der Waals surface area (Å²) in [7, 11) is 0. The highest BCUT2D eigenvalue weighted by atomic mass is 32.1. The van der Waals surface area contributed by atoms with Crippen molar-refractivity contribution in [1.29, 1.82) is 0 Å². The molecule has 9 heteroatoms. The standard InChI is InChI=1S/C19H21N5O3S/c1-11-17(14-4-5-15-13(18(14)27)6-8-28-15)22-23-19(20-11)21-12-3-2-7-24(9-12)10-16(25)26/h4-6,8,12,27H,2-3,7,9-10H2,1H3,(H,25,26)(H,20,21,23)/t12-/m1/s1. The van der Waals surface area contributed by atoms with Crippen LogP contribution in [0.1, 0.15) is 18.5 Å². The number of aliphatic carboxylic acids is 1. The first-order valence-corrected chi connectivity index (χ1v) is 10.0. The van der Waals surface area contributed by atoms with Crippen LogP contribution in [-0.2, 0) is 4.79 Å². The minimum absolute atomic E-state index is 0.0413. The summed E-state index contributed by atoms with van der Waals surface area (Å²) in [5.41, 5.74) is 1.83. The second kappa shape index (κ2) is 7.69. The number of aromatic hydroxyl groups is 1. The zero-order valence-electron chi connectivity index (χ0n) is 15.4. The van der Waals surface area contributed by atoms with Crippen molar-refractivity contribution in [2.45, 2.75) is 25.8 Å². The number of phenols is 1. The van der Waals surface area contributed by atoms with Crippen LogP contribution in [-0.4, -0.2) is 61.9 Å². The number of carboxylic acid groups (broad SMARTS) is 1. The lowest BCUT2D eigenvalue weighted by Gasteiger charge is -2.31. The number of likely N-dealkylation sites (tertiary alicyclic amines) is 1. The molecule has 1 atom stereocenters. The van der Waals surface area contributed by atoms with Gasteiger partial charge in [0.15, 0.2) is 0 Å². The van der Waals surface area contributed by atoms with E-state index in [4.69, 9.17) is 5.11 Å². The van der Waals surface area contributed by atoms with Gasteiger partial charge in [0.1, 0.15) is 11.4 Å². The minimum Gasteiger partial charge on any atom is -0.507 e. The van der Waals surface area contributed by atoms with E-state index in [9.17, 15) is 9.90 Å². The van der Waals surface area contributed by atoms with Crippen LogP contribution in [0, 0.1) is 6.92 Å². The molecule has 0 bridgehead atoms. The Morgan fingerprint density at radius 2 is 2.21 bits per heavy atom. The number of anilines is 1. The molecule has 3 heterocycles. The first-order chi connectivity index (χ1) is 13.5. The number of carboxylic acids is 1. The summed E-state index contributed by atoms with van der Waals surface area (Å²) in [5, 5.41) is 34.0. The van der Waals surface area contributed by atoms with Crippen molar-refractivity contribution < 1.29 is 15.0 Å². The van der Waals surface area contributed by atoms with Gasteiger partial charge in [0.05, 0.1) is 12.2 Å². The van der Waals surface area contributed by atoms with Crippen LogP contribution in [0.5, 0.6) is 5.75 Å². The molecule has 1 aliphatic rings. The number of nitrogens with one attached hydrogen (secondary N) is 1. The number of rotatable bonds is 5. The number of hydrogen-bond acceptors (Lipinski definition) is 8. The maximum atomic E-state index is 10.9. The van der Waals surface area contributed by atoms with Crippen molar-refractivity contribution in [3.63, 3.8) is 0 Å². The minimum atomic E-state index is -0.818. The molecule has 0 spiro atoms. The summed E-state index contributed by atoms with van der Waals surface area (Å²) < 4.78 is 1.02. The second-order valence-corrected chi connectivity index (χ2v) is 7.92. The molecule has 0 radical (unpaired) electrons. The van der Waals surface area contributed by atoms with Gasteiger partial charge >= 0.3 is 5.97 Å². The van der Waals surface area contributed by atoms with Crippen molar-refractivity contribution in [3.05, 3.63) is 29.3 Å². The molecule has 3 N–H and O–H groups in total. The number of aryl methyl sites for hydroxylation is 1. The van der Waals surface area contributed by atoms with Crippen LogP contribution < -0.4 is 5.32 Å². The summed E-state index contributed by atoms with van der Waals surface area (Å²) in [5.74, 6) is -0.212. The summed E-state index contributed by atoms with van der Waals surface area (Å²) in [4.78, 5) is 17.3. The zero-order chi connectivity index (χ0) is 19.7. The summed E-state index contributed by atoms with van der Waals surface area (Å²) in [6.45, 7) is 3.29. The molecule has 28 heavy (non-hydrogen) atoms. The quantitative estimate of drug-likeness (QED) is 0.600. The average Bonchev–Trinajstić information content (AvgIpc) is 3.12. The number of fused-ring (bicyclic) bond motifs is 1. The number of nitrogens with zero attached hydrogens (tertiary/aromatic N) is 4. The van der Waals surface area contributed by atoms with E-state index in [1.165, 1.54) is 0 Å². The van der Waals surface area contributed by atoms with E-state index in [1.54, 1.807) is 11.3 Å². The van der Waals surface area contributed by atoms with Gasteiger partial charge < -0.3 is 15.5 Å². The lowest BCUT2D eigenvalue weighted by molar-refractivity contribution is -0.138. The lowest BCUT2D eigenvalue weighted by Crippen LogP contribution is -2.44. The van der Waals surface area contributed by atoms with Crippen molar-refractivity contribution in [1.82, 2.24) is 20.1 Å². The number of piperidine rings is 1. The van der Waals surface area contributed by atoms with Crippen LogP contribution in [0.3, 0.4) is 0 Å². The zero-order valence-corrected chi connectivity index (χ0v) is 16.2. The van der Waals surface area contributed by atoms with Gasteiger partial charge in [0.2, 0.25) is 5.95 Å². The smallest absolute Gasteiger partial charge is 0.317 e. The molecule has 1 fully saturated rings. The lowest BCUT2D eigenvalue weighted by atomic mass is 10.1. The van der Waals surface area contributed by atoms with Gasteiger partial charge in [-0.1, -0.05) is 0 Å². The Kier molecular flexibility index (Phi) is 5.10. The van der Waals surface area contributed by atoms with E-state index in [1.807, 2.05) is 35.4 Å². The molecular formula is C19H21N5O3S. The summed E-state index contributed by atoms with van der Waals surface area (Å²) in [6.07, 6.45) is 1.85. The fraction of sp³-hybridized carbons (Fsp3) is 0.368. The van der Waals surface area contributed by atoms with Crippen LogP contribution >= 0.6 is 11.3 Å². The first kappa shape index (κ1) is 18.6. The number of carbonyl (C=O) groups is 1. The Labute approximate surface area is 165 Å². The predicted octanol–water partition coefficient (Wildman–Crippen LogP) is 2.73. The highest BCUT2D eigenvalue weighted by Crippen LogP contribution is 2.37. The maximum Gasteiger partial charge on any atom is 0.317 e. The Balaban J connectivity index is 1.53. The molecule has 1 aliphatic heterocycles. The molecule has 0 amide bonds. The van der Waals surface area contributed by atoms with Crippen LogP contribution in [0.2, 0.25) is 0 Å². The van der Waals surface area contributed by atoms with Crippen molar-refractivity contribution in [2.24, 2.45) is 0 Å². The highest BCUT2D eigenvalue weighted by molar-refractivity contribution is 7.17. The second-order valence-electron chi connectivity index (χ2n) is 6.98. The third-order valence-electron chi connectivity index (χ3n) is 4.92. The van der Waals surface area contributed by atoms with Crippen LogP contribution in [0.4, 0.5) is 5.95 Å². The molecular weight excluding hydrogens is 378 g/mol. The van der Waals surface area contributed by atoms with Gasteiger partial charge in [-0.25, -0.2) is 4.98 Å². The normalized spacial score (nSPS) is 17.7.